The highest BCUT2D eigenvalue weighted by Gasteiger charge is 2.12. The van der Waals surface area contributed by atoms with Crippen molar-refractivity contribution in [3.63, 3.8) is 0 Å². The Morgan fingerprint density at radius 3 is 2.50 bits per heavy atom. The third-order valence-corrected chi connectivity index (χ3v) is 1.91. The predicted octanol–water partition coefficient (Wildman–Crippen LogP) is 1.68. The monoisotopic (exact) mass is 199 g/mol. The maximum absolute atomic E-state index is 12.8. The Kier molecular flexibility index (Phi) is 3.30. The summed E-state index contributed by atoms with van der Waals surface area (Å²) in [6.07, 6.45) is 0. The maximum atomic E-state index is 12.8. The number of carbonyl (C=O) groups is 1. The standard InChI is InChI=1S/C10H11F2NO/c1-6-3-8(11)9(12)4-7(6)10(14)5-13-2/h3-4,13H,5H2,1-2H3. The second kappa shape index (κ2) is 4.28. The van der Waals surface area contributed by atoms with E-state index in [4.69, 9.17) is 0 Å². The van der Waals surface area contributed by atoms with Crippen LogP contribution in [0.5, 0.6) is 0 Å². The van der Waals surface area contributed by atoms with Gasteiger partial charge in [0.1, 0.15) is 0 Å². The average Bonchev–Trinajstić information content (AvgIpc) is 2.11. The van der Waals surface area contributed by atoms with E-state index in [0.717, 1.165) is 12.1 Å². The van der Waals surface area contributed by atoms with Gasteiger partial charge in [0.15, 0.2) is 17.4 Å². The molecule has 1 aromatic rings. The number of likely N-dealkylation sites (N-methyl/N-ethyl adjacent to an activating group) is 1. The fraction of sp³-hybridized carbons (Fsp3) is 0.300. The third-order valence-electron chi connectivity index (χ3n) is 1.91. The van der Waals surface area contributed by atoms with Crippen LogP contribution in [0.15, 0.2) is 12.1 Å². The van der Waals surface area contributed by atoms with Crippen molar-refractivity contribution < 1.29 is 13.6 Å². The van der Waals surface area contributed by atoms with Crippen molar-refractivity contribution in [1.29, 1.82) is 0 Å². The summed E-state index contributed by atoms with van der Waals surface area (Å²) in [6.45, 7) is 1.69. The molecule has 0 radical (unpaired) electrons. The SMILES string of the molecule is CNCC(=O)c1cc(F)c(F)cc1C. The Labute approximate surface area is 80.9 Å². The molecule has 4 heteroatoms. The fourth-order valence-corrected chi connectivity index (χ4v) is 1.20. The first-order valence-electron chi connectivity index (χ1n) is 4.19. The normalized spacial score (nSPS) is 10.3. The molecule has 0 bridgehead atoms. The minimum Gasteiger partial charge on any atom is -0.313 e. The Balaban J connectivity index is 3.09. The van der Waals surface area contributed by atoms with Crippen LogP contribution in [0.25, 0.3) is 0 Å². The molecule has 1 N–H and O–H groups in total. The molecule has 1 aromatic carbocycles. The molecule has 0 aliphatic heterocycles. The zero-order valence-corrected chi connectivity index (χ0v) is 8.03. The Morgan fingerprint density at radius 1 is 1.36 bits per heavy atom. The van der Waals surface area contributed by atoms with Crippen molar-refractivity contribution in [2.24, 2.45) is 0 Å². The highest BCUT2D eigenvalue weighted by atomic mass is 19.2. The van der Waals surface area contributed by atoms with Crippen molar-refractivity contribution in [3.8, 4) is 0 Å². The van der Waals surface area contributed by atoms with Crippen molar-refractivity contribution in [2.75, 3.05) is 13.6 Å². The zero-order chi connectivity index (χ0) is 10.7. The Bertz CT molecular complexity index is 363. The second-order valence-electron chi connectivity index (χ2n) is 3.03. The lowest BCUT2D eigenvalue weighted by Crippen LogP contribution is -2.19. The van der Waals surface area contributed by atoms with E-state index in [9.17, 15) is 13.6 Å². The van der Waals surface area contributed by atoms with Crippen LogP contribution in [0, 0.1) is 18.6 Å². The number of benzene rings is 1. The highest BCUT2D eigenvalue weighted by molar-refractivity contribution is 5.98. The minimum atomic E-state index is -0.991. The van der Waals surface area contributed by atoms with Crippen molar-refractivity contribution in [1.82, 2.24) is 5.32 Å². The number of hydrogen-bond acceptors (Lipinski definition) is 2. The van der Waals surface area contributed by atoms with Gasteiger partial charge in [0, 0.05) is 5.56 Å². The summed E-state index contributed by atoms with van der Waals surface area (Å²) in [7, 11) is 1.62. The second-order valence-corrected chi connectivity index (χ2v) is 3.03. The van der Waals surface area contributed by atoms with Crippen molar-refractivity contribution >= 4 is 5.78 Å². The van der Waals surface area contributed by atoms with Gasteiger partial charge >= 0.3 is 0 Å². The number of carbonyl (C=O) groups excluding carboxylic acids is 1. The summed E-state index contributed by atoms with van der Waals surface area (Å²) in [5, 5.41) is 2.66. The number of hydrogen-bond donors (Lipinski definition) is 1. The summed E-state index contributed by atoms with van der Waals surface area (Å²) in [6, 6.07) is 1.96. The van der Waals surface area contributed by atoms with Crippen LogP contribution >= 0.6 is 0 Å². The first-order chi connectivity index (χ1) is 6.56. The lowest BCUT2D eigenvalue weighted by Gasteiger charge is -2.05. The van der Waals surface area contributed by atoms with Gasteiger partial charge in [-0.1, -0.05) is 0 Å². The molecule has 2 nitrogen and oxygen atoms in total. The lowest BCUT2D eigenvalue weighted by molar-refractivity contribution is 0.0992. The lowest BCUT2D eigenvalue weighted by atomic mass is 10.0. The molecule has 0 saturated heterocycles. The summed E-state index contributed by atoms with van der Waals surface area (Å²) < 4.78 is 25.5. The predicted molar refractivity (Wildman–Crippen MR) is 49.4 cm³/mol. The van der Waals surface area contributed by atoms with E-state index in [-0.39, 0.29) is 17.9 Å². The molecule has 0 heterocycles. The summed E-state index contributed by atoms with van der Waals surface area (Å²) in [5.74, 6) is -2.16. The Hall–Kier alpha value is -1.29. The molecule has 0 atom stereocenters. The fourth-order valence-electron chi connectivity index (χ4n) is 1.20. The van der Waals surface area contributed by atoms with Crippen LogP contribution in [0.4, 0.5) is 8.78 Å². The average molecular weight is 199 g/mol. The molecule has 14 heavy (non-hydrogen) atoms. The molecular formula is C10H11F2NO. The molecule has 0 amide bonds. The van der Waals surface area contributed by atoms with E-state index < -0.39 is 11.6 Å². The summed E-state index contributed by atoms with van der Waals surface area (Å²) in [4.78, 5) is 11.4. The zero-order valence-electron chi connectivity index (χ0n) is 8.03. The molecule has 1 rings (SSSR count). The first kappa shape index (κ1) is 10.8. The quantitative estimate of drug-likeness (QED) is 0.750. The first-order valence-corrected chi connectivity index (χ1v) is 4.19. The molecule has 76 valence electrons. The molecule has 0 fully saturated rings. The van der Waals surface area contributed by atoms with Gasteiger partial charge in [-0.05, 0) is 31.7 Å². The van der Waals surface area contributed by atoms with Gasteiger partial charge in [0.25, 0.3) is 0 Å². The van der Waals surface area contributed by atoms with Gasteiger partial charge in [0.05, 0.1) is 6.54 Å². The van der Waals surface area contributed by atoms with E-state index >= 15 is 0 Å². The van der Waals surface area contributed by atoms with Crippen molar-refractivity contribution in [3.05, 3.63) is 34.9 Å². The number of rotatable bonds is 3. The van der Waals surface area contributed by atoms with Crippen LogP contribution < -0.4 is 5.32 Å². The molecule has 0 saturated carbocycles. The van der Waals surface area contributed by atoms with E-state index in [2.05, 4.69) is 5.32 Å². The van der Waals surface area contributed by atoms with E-state index in [1.807, 2.05) is 0 Å². The summed E-state index contributed by atoms with van der Waals surface area (Å²) >= 11 is 0. The topological polar surface area (TPSA) is 29.1 Å². The van der Waals surface area contributed by atoms with Crippen LogP contribution in [0.2, 0.25) is 0 Å². The van der Waals surface area contributed by atoms with Crippen LogP contribution in [0.1, 0.15) is 15.9 Å². The van der Waals surface area contributed by atoms with E-state index in [1.165, 1.54) is 0 Å². The van der Waals surface area contributed by atoms with Gasteiger partial charge in [-0.2, -0.15) is 0 Å². The number of aryl methyl sites for hydroxylation is 1. The molecule has 0 aliphatic carbocycles. The molecular weight excluding hydrogens is 188 g/mol. The minimum absolute atomic E-state index is 0.117. The van der Waals surface area contributed by atoms with Gasteiger partial charge < -0.3 is 5.32 Å². The third kappa shape index (κ3) is 2.14. The van der Waals surface area contributed by atoms with Gasteiger partial charge in [-0.25, -0.2) is 8.78 Å². The van der Waals surface area contributed by atoms with E-state index in [1.54, 1.807) is 14.0 Å². The number of halogens is 2. The van der Waals surface area contributed by atoms with Gasteiger partial charge in [-0.3, -0.25) is 4.79 Å². The van der Waals surface area contributed by atoms with E-state index in [0.29, 0.717) is 5.56 Å². The highest BCUT2D eigenvalue weighted by Crippen LogP contribution is 2.14. The van der Waals surface area contributed by atoms with Crippen LogP contribution in [-0.4, -0.2) is 19.4 Å². The van der Waals surface area contributed by atoms with Crippen LogP contribution in [-0.2, 0) is 0 Å². The molecule has 0 spiro atoms. The van der Waals surface area contributed by atoms with Crippen LogP contribution in [0.3, 0.4) is 0 Å². The number of ketones is 1. The largest absolute Gasteiger partial charge is 0.313 e. The summed E-state index contributed by atoms with van der Waals surface area (Å²) in [5.41, 5.74) is 0.669. The maximum Gasteiger partial charge on any atom is 0.176 e. The van der Waals surface area contributed by atoms with Gasteiger partial charge in [-0.15, -0.1) is 0 Å². The van der Waals surface area contributed by atoms with Crippen molar-refractivity contribution in [2.45, 2.75) is 6.92 Å². The number of Topliss-reactive ketones (excluding diaryl/α,β-unsaturated/α-hetero) is 1. The molecule has 0 aromatic heterocycles. The van der Waals surface area contributed by atoms with Gasteiger partial charge in [0.2, 0.25) is 0 Å². The smallest absolute Gasteiger partial charge is 0.176 e. The number of nitrogens with one attached hydrogen (secondary N) is 1. The molecule has 0 aliphatic rings. The molecule has 0 unspecified atom stereocenters. The Morgan fingerprint density at radius 2 is 1.93 bits per heavy atom.